The van der Waals surface area contributed by atoms with Crippen LogP contribution in [0.1, 0.15) is 10.7 Å². The Morgan fingerprint density at radius 1 is 0.828 bits per heavy atom. The van der Waals surface area contributed by atoms with E-state index in [1.165, 1.54) is 11.3 Å². The summed E-state index contributed by atoms with van der Waals surface area (Å²) < 4.78 is 6.43. The van der Waals surface area contributed by atoms with Crippen LogP contribution in [0.2, 0.25) is 0 Å². The summed E-state index contributed by atoms with van der Waals surface area (Å²) in [5.41, 5.74) is 0.383. The van der Waals surface area contributed by atoms with Crippen LogP contribution in [-0.2, 0) is 4.53 Å². The molecule has 4 aromatic rings. The van der Waals surface area contributed by atoms with Crippen molar-refractivity contribution in [1.82, 2.24) is 4.98 Å². The van der Waals surface area contributed by atoms with Crippen molar-refractivity contribution in [3.8, 4) is 6.07 Å². The lowest BCUT2D eigenvalue weighted by atomic mass is 10.3. The summed E-state index contributed by atoms with van der Waals surface area (Å²) in [6.07, 6.45) is 1.59. The first-order valence-electron chi connectivity index (χ1n) is 9.06. The van der Waals surface area contributed by atoms with Crippen molar-refractivity contribution in [1.29, 1.82) is 5.26 Å². The highest BCUT2D eigenvalue weighted by Crippen LogP contribution is 2.11. The minimum Gasteiger partial charge on any atom is -0.438 e. The molecule has 0 unspecified atom stereocenters. The molecule has 0 aliphatic carbocycles. The number of thiazole rings is 1. The summed E-state index contributed by atoms with van der Waals surface area (Å²) in [5.74, 6) is 0. The van der Waals surface area contributed by atoms with Gasteiger partial charge in [0.25, 0.3) is 0 Å². The van der Waals surface area contributed by atoms with Crippen molar-refractivity contribution in [2.75, 3.05) is 0 Å². The van der Waals surface area contributed by atoms with E-state index in [1.54, 1.807) is 11.6 Å². The summed E-state index contributed by atoms with van der Waals surface area (Å²) in [7, 11) is -2.87. The zero-order chi connectivity index (χ0) is 19.9. The highest BCUT2D eigenvalue weighted by molar-refractivity contribution is 7.11. The standard InChI is InChI=1S/C23H17N3OSSi/c24-16-19-18-28-23(26-19)17-25-27-29(20-10-4-1-5-11-20,21-12-6-2-7-13-21)22-14-8-3-9-15-22/h1-15,17-18H. The Morgan fingerprint density at radius 3 is 1.72 bits per heavy atom. The summed E-state index contributed by atoms with van der Waals surface area (Å²) in [4.78, 5) is 4.21. The molecule has 0 radical (unpaired) electrons. The van der Waals surface area contributed by atoms with E-state index in [-0.39, 0.29) is 0 Å². The molecule has 0 aliphatic heterocycles. The molecule has 6 heteroatoms. The summed E-state index contributed by atoms with van der Waals surface area (Å²) >= 11 is 1.36. The Bertz CT molecular complexity index is 1040. The number of oxime groups is 1. The van der Waals surface area contributed by atoms with Gasteiger partial charge in [0.2, 0.25) is 0 Å². The minimum absolute atomic E-state index is 0.383. The second-order valence-electron chi connectivity index (χ2n) is 6.29. The lowest BCUT2D eigenvalue weighted by molar-refractivity contribution is 0.351. The molecule has 0 amide bonds. The Labute approximate surface area is 174 Å². The van der Waals surface area contributed by atoms with Gasteiger partial charge >= 0.3 is 8.32 Å². The molecule has 0 fully saturated rings. The normalized spacial score (nSPS) is 11.3. The van der Waals surface area contributed by atoms with E-state index in [2.05, 4.69) is 46.5 Å². The zero-order valence-electron chi connectivity index (χ0n) is 15.5. The van der Waals surface area contributed by atoms with Gasteiger partial charge in [0.05, 0.1) is 0 Å². The molecule has 0 saturated carbocycles. The number of aromatic nitrogens is 1. The fourth-order valence-electron chi connectivity index (χ4n) is 3.23. The Balaban J connectivity index is 1.84. The van der Waals surface area contributed by atoms with Crippen molar-refractivity contribution in [2.24, 2.45) is 5.16 Å². The van der Waals surface area contributed by atoms with Crippen molar-refractivity contribution in [2.45, 2.75) is 0 Å². The molecule has 1 heterocycles. The summed E-state index contributed by atoms with van der Waals surface area (Å²) in [5, 5.41) is 19.0. The molecule has 1 aromatic heterocycles. The number of rotatable bonds is 6. The number of benzene rings is 3. The average molecular weight is 412 g/mol. The molecule has 4 nitrogen and oxygen atoms in total. The first-order valence-corrected chi connectivity index (χ1v) is 11.9. The summed E-state index contributed by atoms with van der Waals surface area (Å²) in [6, 6.07) is 32.8. The molecule has 0 aliphatic rings. The van der Waals surface area contributed by atoms with Gasteiger partial charge in [0.15, 0.2) is 5.69 Å². The fraction of sp³-hybridized carbons (Fsp3) is 0. The maximum Gasteiger partial charge on any atom is 0.380 e. The lowest BCUT2D eigenvalue weighted by Crippen LogP contribution is -2.68. The Morgan fingerprint density at radius 2 is 1.31 bits per heavy atom. The zero-order valence-corrected chi connectivity index (χ0v) is 17.3. The van der Waals surface area contributed by atoms with Gasteiger partial charge < -0.3 is 4.53 Å². The molecule has 140 valence electrons. The SMILES string of the molecule is N#Cc1csc(C=NO[Si](c2ccccc2)(c2ccccc2)c2ccccc2)n1. The van der Waals surface area contributed by atoms with E-state index in [4.69, 9.17) is 9.79 Å². The van der Waals surface area contributed by atoms with Crippen LogP contribution in [0.5, 0.6) is 0 Å². The predicted molar refractivity (Wildman–Crippen MR) is 119 cm³/mol. The molecule has 0 N–H and O–H groups in total. The Kier molecular flexibility index (Phi) is 5.61. The fourth-order valence-corrected chi connectivity index (χ4v) is 7.33. The van der Waals surface area contributed by atoms with Crippen LogP contribution in [-0.4, -0.2) is 19.5 Å². The first kappa shape index (κ1) is 18.8. The first-order chi connectivity index (χ1) is 14.3. The topological polar surface area (TPSA) is 58.3 Å². The van der Waals surface area contributed by atoms with Gasteiger partial charge in [-0.1, -0.05) is 91.0 Å². The third-order valence-corrected chi connectivity index (χ3v) is 9.13. The van der Waals surface area contributed by atoms with Crippen molar-refractivity contribution < 1.29 is 4.53 Å². The van der Waals surface area contributed by atoms with Gasteiger partial charge in [-0.25, -0.2) is 4.98 Å². The van der Waals surface area contributed by atoms with Gasteiger partial charge in [-0.05, 0) is 15.6 Å². The van der Waals surface area contributed by atoms with Gasteiger partial charge in [-0.2, -0.15) is 5.26 Å². The molecule has 29 heavy (non-hydrogen) atoms. The maximum atomic E-state index is 8.98. The van der Waals surface area contributed by atoms with E-state index < -0.39 is 8.32 Å². The predicted octanol–water partition coefficient (Wildman–Crippen LogP) is 3.03. The van der Waals surface area contributed by atoms with Gasteiger partial charge in [0.1, 0.15) is 17.3 Å². The monoisotopic (exact) mass is 411 g/mol. The van der Waals surface area contributed by atoms with Crippen LogP contribution in [0.3, 0.4) is 0 Å². The summed E-state index contributed by atoms with van der Waals surface area (Å²) in [6.45, 7) is 0. The van der Waals surface area contributed by atoms with Crippen LogP contribution in [0, 0.1) is 11.3 Å². The number of hydrogen-bond acceptors (Lipinski definition) is 5. The van der Waals surface area contributed by atoms with Crippen LogP contribution < -0.4 is 15.6 Å². The molecule has 3 aromatic carbocycles. The third-order valence-electron chi connectivity index (χ3n) is 4.53. The van der Waals surface area contributed by atoms with E-state index >= 15 is 0 Å². The number of hydrogen-bond donors (Lipinski definition) is 0. The second kappa shape index (κ2) is 8.65. The highest BCUT2D eigenvalue weighted by atomic mass is 32.1. The van der Waals surface area contributed by atoms with Crippen molar-refractivity contribution >= 4 is 41.4 Å². The maximum absolute atomic E-state index is 8.98. The number of nitrogens with zero attached hydrogens (tertiary/aromatic N) is 3. The average Bonchev–Trinajstić information content (AvgIpc) is 3.27. The van der Waals surface area contributed by atoms with Gasteiger partial charge in [0, 0.05) is 5.38 Å². The van der Waals surface area contributed by atoms with Crippen LogP contribution in [0.4, 0.5) is 0 Å². The quantitative estimate of drug-likeness (QED) is 0.212. The van der Waals surface area contributed by atoms with Crippen LogP contribution >= 0.6 is 11.3 Å². The molecular formula is C23H17N3OSSi. The van der Waals surface area contributed by atoms with E-state index in [1.807, 2.05) is 60.7 Å². The second-order valence-corrected chi connectivity index (χ2v) is 10.5. The van der Waals surface area contributed by atoms with Gasteiger partial charge in [-0.15, -0.1) is 16.5 Å². The third kappa shape index (κ3) is 3.87. The molecule has 4 rings (SSSR count). The minimum atomic E-state index is -2.87. The Hall–Kier alpha value is -3.53. The molecular weight excluding hydrogens is 394 g/mol. The van der Waals surface area contributed by atoms with Crippen LogP contribution in [0.25, 0.3) is 0 Å². The molecule has 0 atom stereocenters. The largest absolute Gasteiger partial charge is 0.438 e. The molecule has 0 saturated heterocycles. The highest BCUT2D eigenvalue weighted by Gasteiger charge is 2.44. The number of nitriles is 1. The molecule has 0 spiro atoms. The van der Waals surface area contributed by atoms with Crippen LogP contribution in [0.15, 0.2) is 102 Å². The molecule has 0 bridgehead atoms. The van der Waals surface area contributed by atoms with E-state index in [0.717, 1.165) is 15.6 Å². The van der Waals surface area contributed by atoms with Crippen molar-refractivity contribution in [3.63, 3.8) is 0 Å². The van der Waals surface area contributed by atoms with Crippen molar-refractivity contribution in [3.05, 3.63) is 107 Å². The smallest absolute Gasteiger partial charge is 0.380 e. The van der Waals surface area contributed by atoms with Gasteiger partial charge in [-0.3, -0.25) is 0 Å². The van der Waals surface area contributed by atoms with E-state index in [0.29, 0.717) is 10.7 Å². The lowest BCUT2D eigenvalue weighted by Gasteiger charge is -2.29. The van der Waals surface area contributed by atoms with E-state index in [9.17, 15) is 0 Å².